The molecule has 14 nitrogen and oxygen atoms in total. The summed E-state index contributed by atoms with van der Waals surface area (Å²) in [7, 11) is -3.92. The molecule has 1 atom stereocenters. The van der Waals surface area contributed by atoms with E-state index in [1.165, 1.54) is 0 Å². The molecular formula is C12H15N3O11S. The smallest absolute Gasteiger partial charge is 0.338 e. The van der Waals surface area contributed by atoms with Crippen LogP contribution in [0.15, 0.2) is 29.2 Å². The van der Waals surface area contributed by atoms with E-state index in [-0.39, 0.29) is 17.1 Å². The number of rotatable bonds is 12. The number of nitrogens with zero attached hydrogens (tertiary/aromatic N) is 2. The average molecular weight is 409 g/mol. The second-order valence-corrected chi connectivity index (χ2v) is 6.30. The molecular weight excluding hydrogens is 394 g/mol. The number of primary sulfonamides is 1. The van der Waals surface area contributed by atoms with Crippen LogP contribution in [-0.4, -0.2) is 57.1 Å². The van der Waals surface area contributed by atoms with E-state index in [1.807, 2.05) is 0 Å². The fourth-order valence-corrected chi connectivity index (χ4v) is 2.16. The van der Waals surface area contributed by atoms with Crippen LogP contribution < -0.4 is 5.14 Å². The molecule has 0 amide bonds. The number of sulfonamides is 1. The van der Waals surface area contributed by atoms with Crippen LogP contribution in [0.4, 0.5) is 0 Å². The van der Waals surface area contributed by atoms with Crippen molar-refractivity contribution >= 4 is 16.0 Å². The maximum atomic E-state index is 11.9. The highest BCUT2D eigenvalue weighted by Gasteiger charge is 2.17. The molecule has 0 saturated heterocycles. The number of benzene rings is 1. The molecule has 150 valence electrons. The molecule has 27 heavy (non-hydrogen) atoms. The van der Waals surface area contributed by atoms with E-state index in [0.29, 0.717) is 0 Å². The Labute approximate surface area is 152 Å². The van der Waals surface area contributed by atoms with Gasteiger partial charge in [0.25, 0.3) is 10.2 Å². The van der Waals surface area contributed by atoms with E-state index < -0.39 is 52.1 Å². The molecule has 0 aliphatic rings. The van der Waals surface area contributed by atoms with Gasteiger partial charge in [-0.1, -0.05) is 0 Å². The number of carbonyl (C=O) groups excluding carboxylic acids is 1. The van der Waals surface area contributed by atoms with Crippen molar-refractivity contribution < 1.29 is 42.5 Å². The fraction of sp³-hybridized carbons (Fsp3) is 0.417. The van der Waals surface area contributed by atoms with Gasteiger partial charge in [0.2, 0.25) is 10.0 Å². The number of hydrogen-bond donors (Lipinski definition) is 1. The first-order chi connectivity index (χ1) is 12.6. The molecule has 1 aromatic carbocycles. The maximum Gasteiger partial charge on any atom is 0.338 e. The summed E-state index contributed by atoms with van der Waals surface area (Å²) in [5.74, 6) is -0.868. The number of hydrogen-bond acceptors (Lipinski definition) is 11. The second kappa shape index (κ2) is 10.2. The maximum absolute atomic E-state index is 11.9. The zero-order chi connectivity index (χ0) is 20.4. The Morgan fingerprint density at radius 3 is 2.15 bits per heavy atom. The Bertz CT molecular complexity index is 765. The normalized spacial score (nSPS) is 12.0. The Hall–Kier alpha value is -3.04. The minimum Gasteiger partial charge on any atom is -0.459 e. The Morgan fingerprint density at radius 2 is 1.63 bits per heavy atom. The largest absolute Gasteiger partial charge is 0.459 e. The van der Waals surface area contributed by atoms with Crippen LogP contribution in [0.25, 0.3) is 0 Å². The van der Waals surface area contributed by atoms with Gasteiger partial charge in [0.1, 0.15) is 25.9 Å². The predicted octanol–water partition coefficient (Wildman–Crippen LogP) is -0.707. The summed E-state index contributed by atoms with van der Waals surface area (Å²) in [6, 6.07) is 4.53. The predicted molar refractivity (Wildman–Crippen MR) is 83.7 cm³/mol. The third kappa shape index (κ3) is 8.75. The summed E-state index contributed by atoms with van der Waals surface area (Å²) in [4.78, 5) is 40.1. The summed E-state index contributed by atoms with van der Waals surface area (Å²) in [6.07, 6.45) is -1.10. The summed E-state index contributed by atoms with van der Waals surface area (Å²) in [5, 5.41) is 23.1. The highest BCUT2D eigenvalue weighted by Crippen LogP contribution is 2.10. The molecule has 0 heterocycles. The third-order valence-corrected chi connectivity index (χ3v) is 3.75. The molecule has 0 radical (unpaired) electrons. The lowest BCUT2D eigenvalue weighted by atomic mass is 10.2. The van der Waals surface area contributed by atoms with Crippen molar-refractivity contribution in [2.75, 3.05) is 26.4 Å². The van der Waals surface area contributed by atoms with Crippen molar-refractivity contribution in [2.24, 2.45) is 5.14 Å². The molecule has 1 rings (SSSR count). The van der Waals surface area contributed by atoms with Gasteiger partial charge in [0.05, 0.1) is 17.1 Å². The molecule has 0 spiro atoms. The van der Waals surface area contributed by atoms with Gasteiger partial charge in [-0.3, -0.25) is 0 Å². The highest BCUT2D eigenvalue weighted by atomic mass is 32.2. The van der Waals surface area contributed by atoms with Crippen LogP contribution in [0.5, 0.6) is 0 Å². The van der Waals surface area contributed by atoms with Gasteiger partial charge in [-0.2, -0.15) is 0 Å². The Kier molecular flexibility index (Phi) is 8.31. The molecule has 0 aliphatic carbocycles. The van der Waals surface area contributed by atoms with Crippen molar-refractivity contribution in [3.8, 4) is 0 Å². The van der Waals surface area contributed by atoms with Crippen molar-refractivity contribution in [2.45, 2.75) is 11.0 Å². The van der Waals surface area contributed by atoms with Crippen LogP contribution in [0.2, 0.25) is 0 Å². The van der Waals surface area contributed by atoms with Crippen LogP contribution in [0.1, 0.15) is 10.4 Å². The van der Waals surface area contributed by atoms with E-state index >= 15 is 0 Å². The first kappa shape index (κ1) is 22.0. The van der Waals surface area contributed by atoms with Gasteiger partial charge in [-0.05, 0) is 24.3 Å². The Balaban J connectivity index is 2.59. The summed E-state index contributed by atoms with van der Waals surface area (Å²) >= 11 is 0. The van der Waals surface area contributed by atoms with Crippen LogP contribution >= 0.6 is 0 Å². The van der Waals surface area contributed by atoms with Crippen LogP contribution in [0, 0.1) is 20.2 Å². The molecule has 0 aromatic heterocycles. The lowest BCUT2D eigenvalue weighted by Gasteiger charge is -2.16. The van der Waals surface area contributed by atoms with Gasteiger partial charge in [0, 0.05) is 0 Å². The monoisotopic (exact) mass is 409 g/mol. The van der Waals surface area contributed by atoms with Crippen LogP contribution in [0.3, 0.4) is 0 Å². The molecule has 15 heteroatoms. The number of esters is 1. The SMILES string of the molecule is NS(=O)(=O)c1ccc(C(=O)OCC(CO[N+](=O)[O-])OCCO[N+](=O)[O-])cc1. The zero-order valence-electron chi connectivity index (χ0n) is 13.6. The molecule has 0 fully saturated rings. The molecule has 0 bridgehead atoms. The van der Waals surface area contributed by atoms with Gasteiger partial charge >= 0.3 is 5.97 Å². The lowest BCUT2D eigenvalue weighted by Crippen LogP contribution is -2.30. The lowest BCUT2D eigenvalue weighted by molar-refractivity contribution is -0.760. The number of ether oxygens (including phenoxy) is 2. The van der Waals surface area contributed by atoms with E-state index in [4.69, 9.17) is 14.6 Å². The molecule has 0 aliphatic heterocycles. The minimum atomic E-state index is -3.92. The number of nitrogens with two attached hydrogens (primary N) is 1. The van der Waals surface area contributed by atoms with Gasteiger partial charge in [-0.25, -0.2) is 18.4 Å². The Morgan fingerprint density at radius 1 is 1.04 bits per heavy atom. The van der Waals surface area contributed by atoms with E-state index in [0.717, 1.165) is 24.3 Å². The zero-order valence-corrected chi connectivity index (χ0v) is 14.4. The van der Waals surface area contributed by atoms with Crippen molar-refractivity contribution in [3.05, 3.63) is 50.1 Å². The molecule has 2 N–H and O–H groups in total. The highest BCUT2D eigenvalue weighted by molar-refractivity contribution is 7.89. The minimum absolute atomic E-state index is 0.00645. The molecule has 1 aromatic rings. The summed E-state index contributed by atoms with van der Waals surface area (Å²) < 4.78 is 32.3. The standard InChI is InChI=1S/C12H15N3O11S/c13-27(21,22)11-3-1-9(2-4-11)12(16)24-7-10(8-26-15(19)20)23-5-6-25-14(17)18/h1-4,10H,5-8H2,(H2,13,21,22). The summed E-state index contributed by atoms with van der Waals surface area (Å²) in [6.45, 7) is -1.82. The van der Waals surface area contributed by atoms with Gasteiger partial charge in [0.15, 0.2) is 0 Å². The number of carbonyl (C=O) groups is 1. The quantitative estimate of drug-likeness (QED) is 0.198. The molecule has 0 saturated carbocycles. The second-order valence-electron chi connectivity index (χ2n) is 4.74. The van der Waals surface area contributed by atoms with Crippen molar-refractivity contribution in [1.29, 1.82) is 0 Å². The first-order valence-electron chi connectivity index (χ1n) is 7.06. The van der Waals surface area contributed by atoms with Crippen LogP contribution in [-0.2, 0) is 29.2 Å². The first-order valence-corrected chi connectivity index (χ1v) is 8.60. The third-order valence-electron chi connectivity index (χ3n) is 2.82. The van der Waals surface area contributed by atoms with Crippen molar-refractivity contribution in [3.63, 3.8) is 0 Å². The van der Waals surface area contributed by atoms with E-state index in [9.17, 15) is 33.4 Å². The summed E-state index contributed by atoms with van der Waals surface area (Å²) in [5.41, 5.74) is -0.00645. The van der Waals surface area contributed by atoms with Crippen molar-refractivity contribution in [1.82, 2.24) is 0 Å². The molecule has 1 unspecified atom stereocenters. The van der Waals surface area contributed by atoms with E-state index in [1.54, 1.807) is 0 Å². The topological polar surface area (TPSA) is 200 Å². The fourth-order valence-electron chi connectivity index (χ4n) is 1.65. The van der Waals surface area contributed by atoms with E-state index in [2.05, 4.69) is 9.68 Å². The van der Waals surface area contributed by atoms with Gasteiger partial charge < -0.3 is 19.1 Å². The average Bonchev–Trinajstić information content (AvgIpc) is 2.59. The van der Waals surface area contributed by atoms with Gasteiger partial charge in [-0.15, -0.1) is 20.2 Å².